The monoisotopic (exact) mass is 1200 g/mol. The van der Waals surface area contributed by atoms with Crippen molar-refractivity contribution >= 4 is 32.8 Å². The molecule has 0 bridgehead atoms. The SMILES string of the molecule is [2H]c1c([2H])c([2H])c(-c2cccc3c2-c2cccc(-c4ccc(C(C)(C)C)cc4)c2-[n+]2[c-]n(-c4[c-]c(Oc5[c-]c6c(cc5)c5ccccc5n6-c5cc(C(C)(C)C)ccn5)ccc4)c4cc(C(C)(C)C)cc(c42)-c2ccccc2-3)c([2H])c1[2H].[Pt]. The predicted molar refractivity (Wildman–Crippen MR) is 317 cm³/mol. The van der Waals surface area contributed by atoms with Crippen LogP contribution in [0.5, 0.6) is 11.5 Å². The first-order chi connectivity index (χ1) is 39.2. The Balaban J connectivity index is 0.00000680. The fourth-order valence-electron chi connectivity index (χ4n) is 11.1. The van der Waals surface area contributed by atoms with Gasteiger partial charge in [-0.25, -0.2) is 4.98 Å². The summed E-state index contributed by atoms with van der Waals surface area (Å²) in [4.78, 5) is 4.90. The first kappa shape index (κ1) is 45.0. The summed E-state index contributed by atoms with van der Waals surface area (Å²) in [7, 11) is 0. The van der Waals surface area contributed by atoms with Gasteiger partial charge in [0.05, 0.1) is 23.6 Å². The normalized spacial score (nSPS) is 13.2. The smallest absolute Gasteiger partial charge is 0.268 e. The summed E-state index contributed by atoms with van der Waals surface area (Å²) in [5.41, 5.74) is 16.0. The number of para-hydroxylation sites is 2. The average molecular weight is 1200 g/mol. The van der Waals surface area contributed by atoms with E-state index in [1.807, 2.05) is 48.7 Å². The summed E-state index contributed by atoms with van der Waals surface area (Å²) >= 11 is 0. The topological polar surface area (TPSA) is 35.9 Å². The molecule has 0 fully saturated rings. The molecule has 1 aliphatic rings. The zero-order valence-electron chi connectivity index (χ0n) is 50.2. The van der Waals surface area contributed by atoms with E-state index in [9.17, 15) is 2.74 Å². The number of imidazole rings is 1. The Labute approximate surface area is 479 Å². The first-order valence-corrected chi connectivity index (χ1v) is 26.4. The number of ether oxygens (including phenoxy) is 1. The van der Waals surface area contributed by atoms with Crippen LogP contribution in [0.25, 0.3) is 106 Å². The van der Waals surface area contributed by atoms with E-state index in [0.717, 1.165) is 94.4 Å². The third-order valence-corrected chi connectivity index (χ3v) is 15.2. The third kappa shape index (κ3) is 8.70. The molecule has 0 unspecified atom stereocenters. The molecular formula is C72H60N4OPt-2. The van der Waals surface area contributed by atoms with E-state index in [4.69, 9.17) is 13.8 Å². The average Bonchev–Trinajstić information content (AvgIpc) is 3.01. The van der Waals surface area contributed by atoms with Crippen LogP contribution < -0.4 is 9.30 Å². The van der Waals surface area contributed by atoms with Crippen LogP contribution >= 0.6 is 0 Å². The molecule has 6 heteroatoms. The molecule has 0 saturated heterocycles. The van der Waals surface area contributed by atoms with Gasteiger partial charge in [0.15, 0.2) is 0 Å². The van der Waals surface area contributed by atoms with Crippen LogP contribution in [0.4, 0.5) is 0 Å². The summed E-state index contributed by atoms with van der Waals surface area (Å²) in [6.45, 7) is 20.0. The molecule has 3 aromatic heterocycles. The van der Waals surface area contributed by atoms with E-state index >= 15 is 0 Å². The molecule has 4 heterocycles. The number of fused-ring (bicyclic) bond motifs is 10. The summed E-state index contributed by atoms with van der Waals surface area (Å²) in [6, 6.07) is 62.1. The molecule has 0 radical (unpaired) electrons. The van der Waals surface area contributed by atoms with E-state index in [0.29, 0.717) is 22.7 Å². The zero-order chi connectivity index (χ0) is 57.3. The Hall–Kier alpha value is -8.11. The molecule has 0 N–H and O–H groups in total. The van der Waals surface area contributed by atoms with Gasteiger partial charge in [0.25, 0.3) is 6.33 Å². The maximum absolute atomic E-state index is 9.40. The van der Waals surface area contributed by atoms with Gasteiger partial charge in [-0.1, -0.05) is 207 Å². The number of rotatable bonds is 6. The van der Waals surface area contributed by atoms with Gasteiger partial charge in [0.2, 0.25) is 0 Å². The number of nitrogens with zero attached hydrogens (tertiary/aromatic N) is 4. The van der Waals surface area contributed by atoms with Gasteiger partial charge in [0.1, 0.15) is 5.82 Å². The van der Waals surface area contributed by atoms with Crippen LogP contribution in [0.3, 0.4) is 0 Å². The van der Waals surface area contributed by atoms with E-state index in [1.54, 1.807) is 0 Å². The molecule has 9 aromatic carbocycles. The van der Waals surface area contributed by atoms with Crippen LogP contribution in [0.1, 0.15) is 85.9 Å². The van der Waals surface area contributed by atoms with Crippen LogP contribution in [0.2, 0.25) is 0 Å². The molecule has 386 valence electrons. The predicted octanol–water partition coefficient (Wildman–Crippen LogP) is 18.1. The Kier molecular flexibility index (Phi) is 11.0. The molecule has 12 aromatic rings. The standard InChI is InChI=1S/C72H60N4O.Pt/c1-70(2,3)48-34-32-47(33-35-48)55-28-19-30-61-67-54(46-20-11-10-12-21-46)27-18-29-60(67)56-24-13-14-25-57(56)62-40-50(72(7,8)9)41-65-69(62)75(68(55)61)45-74(65)51-22-17-23-52(43-51)77-53-36-37-59-58-26-15-16-31-63(58)76(64(59)44-53)66-42-49(38-39-73-66)71(4,5)6;/h10-42H,1-9H3;/q-2;/i10D,11D,12D,20D,21D;. The Morgan fingerprint density at radius 3 is 1.88 bits per heavy atom. The van der Waals surface area contributed by atoms with E-state index in [1.165, 1.54) is 11.1 Å². The van der Waals surface area contributed by atoms with Crippen LogP contribution in [0, 0.1) is 18.5 Å². The molecule has 0 amide bonds. The molecule has 1 aliphatic heterocycles. The van der Waals surface area contributed by atoms with Gasteiger partial charge in [-0.2, -0.15) is 18.2 Å². The van der Waals surface area contributed by atoms with E-state index in [2.05, 4.69) is 216 Å². The quantitative estimate of drug-likeness (QED) is 0.123. The fourth-order valence-corrected chi connectivity index (χ4v) is 11.1. The first-order valence-electron chi connectivity index (χ1n) is 28.9. The number of pyridine rings is 1. The van der Waals surface area contributed by atoms with Crippen molar-refractivity contribution < 1.29 is 37.2 Å². The second kappa shape index (κ2) is 19.1. The van der Waals surface area contributed by atoms with Crippen LogP contribution in [0.15, 0.2) is 200 Å². The van der Waals surface area contributed by atoms with Gasteiger partial charge < -0.3 is 13.9 Å². The van der Waals surface area contributed by atoms with Crippen LogP contribution in [-0.2, 0) is 37.3 Å². The van der Waals surface area contributed by atoms with Crippen molar-refractivity contribution in [3.63, 3.8) is 0 Å². The number of aromatic nitrogens is 4. The van der Waals surface area contributed by atoms with Gasteiger partial charge >= 0.3 is 0 Å². The van der Waals surface area contributed by atoms with Crippen molar-refractivity contribution in [1.82, 2.24) is 14.1 Å². The molecule has 78 heavy (non-hydrogen) atoms. The molecule has 13 rings (SSSR count). The van der Waals surface area contributed by atoms with Gasteiger partial charge in [-0.05, 0) is 124 Å². The maximum Gasteiger partial charge on any atom is 0.268 e. The number of hydrogen-bond acceptors (Lipinski definition) is 2. The summed E-state index contributed by atoms with van der Waals surface area (Å²) < 4.78 is 58.4. The zero-order valence-corrected chi connectivity index (χ0v) is 47.5. The second-order valence-corrected chi connectivity index (χ2v) is 23.3. The molecular weight excluding hydrogens is 1130 g/mol. The fraction of sp³-hybridized carbons (Fsp3) is 0.167. The number of hydrogen-bond donors (Lipinski definition) is 0. The summed E-state index contributed by atoms with van der Waals surface area (Å²) in [6.07, 6.45) is 5.81. The molecule has 0 atom stereocenters. The van der Waals surface area contributed by atoms with Gasteiger partial charge in [-0.3, -0.25) is 4.57 Å². The summed E-state index contributed by atoms with van der Waals surface area (Å²) in [5, 5.41) is 2.13. The van der Waals surface area contributed by atoms with E-state index in [-0.39, 0.29) is 55.0 Å². The Morgan fingerprint density at radius 1 is 0.500 bits per heavy atom. The van der Waals surface area contributed by atoms with Crippen molar-refractivity contribution in [2.24, 2.45) is 0 Å². The minimum atomic E-state index is -0.440. The van der Waals surface area contributed by atoms with Crippen molar-refractivity contribution in [2.45, 2.75) is 78.6 Å². The Bertz CT molecular complexity index is 4580. The minimum Gasteiger partial charge on any atom is -0.510 e. The largest absolute Gasteiger partial charge is 0.510 e. The molecule has 0 spiro atoms. The van der Waals surface area contributed by atoms with Crippen LogP contribution in [-0.4, -0.2) is 14.1 Å². The van der Waals surface area contributed by atoms with Gasteiger partial charge in [-0.15, -0.1) is 29.7 Å². The van der Waals surface area contributed by atoms with Crippen molar-refractivity contribution in [1.29, 1.82) is 0 Å². The number of benzene rings is 9. The second-order valence-electron chi connectivity index (χ2n) is 23.3. The van der Waals surface area contributed by atoms with Crippen molar-refractivity contribution in [3.05, 3.63) is 235 Å². The third-order valence-electron chi connectivity index (χ3n) is 15.2. The van der Waals surface area contributed by atoms with E-state index < -0.39 is 18.1 Å². The van der Waals surface area contributed by atoms with Crippen molar-refractivity contribution in [2.75, 3.05) is 0 Å². The maximum atomic E-state index is 9.40. The Morgan fingerprint density at radius 2 is 1.14 bits per heavy atom. The molecule has 0 saturated carbocycles. The van der Waals surface area contributed by atoms with Crippen molar-refractivity contribution in [3.8, 4) is 84.3 Å². The minimum absolute atomic E-state index is 0. The molecule has 5 nitrogen and oxygen atoms in total. The summed E-state index contributed by atoms with van der Waals surface area (Å²) in [5.74, 6) is 1.82. The molecule has 0 aliphatic carbocycles. The van der Waals surface area contributed by atoms with Gasteiger partial charge in [0, 0.05) is 44.3 Å².